The predicted molar refractivity (Wildman–Crippen MR) is 119 cm³/mol. The largest absolute Gasteiger partial charge is 0.339 e. The Balaban J connectivity index is 1.25. The zero-order valence-electron chi connectivity index (χ0n) is 18.4. The molecular formula is C24H24F2N6O. The van der Waals surface area contributed by atoms with Gasteiger partial charge in [0.1, 0.15) is 17.5 Å². The van der Waals surface area contributed by atoms with E-state index in [0.29, 0.717) is 17.7 Å². The first-order valence-corrected chi connectivity index (χ1v) is 11.0. The van der Waals surface area contributed by atoms with E-state index in [2.05, 4.69) is 20.3 Å². The minimum atomic E-state index is -0.295. The Labute approximate surface area is 190 Å². The van der Waals surface area contributed by atoms with E-state index in [1.807, 2.05) is 23.6 Å². The lowest BCUT2D eigenvalue weighted by molar-refractivity contribution is 0.296. The van der Waals surface area contributed by atoms with Gasteiger partial charge in [-0.1, -0.05) is 5.16 Å². The molecule has 0 saturated heterocycles. The number of rotatable bonds is 5. The topological polar surface area (TPSA) is 72.9 Å². The molecule has 0 atom stereocenters. The fourth-order valence-electron chi connectivity index (χ4n) is 4.48. The van der Waals surface area contributed by atoms with Crippen molar-refractivity contribution in [1.82, 2.24) is 24.9 Å². The Bertz CT molecular complexity index is 1230. The molecule has 2 aromatic carbocycles. The SMILES string of the molecule is CN(c1ccc(F)cc1)c1nnc(C2CCC(c3nc(-c4ccc(F)cc4)no3)CC2)n1C. The Morgan fingerprint density at radius 1 is 0.879 bits per heavy atom. The van der Waals surface area contributed by atoms with Crippen LogP contribution in [0.25, 0.3) is 11.4 Å². The van der Waals surface area contributed by atoms with Gasteiger partial charge in [0.15, 0.2) is 0 Å². The summed E-state index contributed by atoms with van der Waals surface area (Å²) in [5.74, 6) is 2.67. The van der Waals surface area contributed by atoms with E-state index >= 15 is 0 Å². The highest BCUT2D eigenvalue weighted by atomic mass is 19.1. The molecular weight excluding hydrogens is 426 g/mol. The van der Waals surface area contributed by atoms with E-state index in [0.717, 1.165) is 42.8 Å². The van der Waals surface area contributed by atoms with E-state index < -0.39 is 0 Å². The summed E-state index contributed by atoms with van der Waals surface area (Å²) in [4.78, 5) is 6.45. The summed E-state index contributed by atoms with van der Waals surface area (Å²) in [7, 11) is 3.86. The van der Waals surface area contributed by atoms with Gasteiger partial charge < -0.3 is 9.42 Å². The number of aromatic nitrogens is 5. The maximum atomic E-state index is 13.3. The first kappa shape index (κ1) is 21.2. The van der Waals surface area contributed by atoms with E-state index in [-0.39, 0.29) is 23.5 Å². The molecule has 4 aromatic rings. The Morgan fingerprint density at radius 3 is 2.15 bits per heavy atom. The van der Waals surface area contributed by atoms with E-state index in [1.165, 1.54) is 24.3 Å². The second-order valence-corrected chi connectivity index (χ2v) is 8.46. The van der Waals surface area contributed by atoms with Crippen LogP contribution in [-0.2, 0) is 7.05 Å². The monoisotopic (exact) mass is 450 g/mol. The molecule has 2 heterocycles. The zero-order valence-corrected chi connectivity index (χ0v) is 18.4. The minimum Gasteiger partial charge on any atom is -0.339 e. The molecule has 0 bridgehead atoms. The van der Waals surface area contributed by atoms with Gasteiger partial charge in [-0.25, -0.2) is 8.78 Å². The van der Waals surface area contributed by atoms with Crippen LogP contribution in [0.2, 0.25) is 0 Å². The maximum Gasteiger partial charge on any atom is 0.231 e. The predicted octanol–water partition coefficient (Wildman–Crippen LogP) is 5.35. The van der Waals surface area contributed by atoms with Crippen molar-refractivity contribution in [3.63, 3.8) is 0 Å². The molecule has 170 valence electrons. The fourth-order valence-corrected chi connectivity index (χ4v) is 4.48. The summed E-state index contributed by atoms with van der Waals surface area (Å²) in [6.45, 7) is 0. The van der Waals surface area contributed by atoms with Gasteiger partial charge in [-0.15, -0.1) is 10.2 Å². The van der Waals surface area contributed by atoms with Crippen molar-refractivity contribution in [3.8, 4) is 11.4 Å². The molecule has 0 N–H and O–H groups in total. The second kappa shape index (κ2) is 8.73. The average Bonchev–Trinajstić information content (AvgIpc) is 3.47. The molecule has 2 aromatic heterocycles. The highest BCUT2D eigenvalue weighted by Gasteiger charge is 2.30. The third-order valence-electron chi connectivity index (χ3n) is 6.39. The molecule has 0 radical (unpaired) electrons. The van der Waals surface area contributed by atoms with Crippen LogP contribution in [0, 0.1) is 11.6 Å². The van der Waals surface area contributed by atoms with Gasteiger partial charge >= 0.3 is 0 Å². The van der Waals surface area contributed by atoms with Crippen LogP contribution in [0.15, 0.2) is 53.1 Å². The fraction of sp³-hybridized carbons (Fsp3) is 0.333. The molecule has 1 aliphatic carbocycles. The Kier molecular flexibility index (Phi) is 5.62. The lowest BCUT2D eigenvalue weighted by Crippen LogP contribution is -2.18. The molecule has 1 aliphatic rings. The van der Waals surface area contributed by atoms with E-state index in [9.17, 15) is 8.78 Å². The normalized spacial score (nSPS) is 18.4. The summed E-state index contributed by atoms with van der Waals surface area (Å²) in [5.41, 5.74) is 1.58. The van der Waals surface area contributed by atoms with Crippen molar-refractivity contribution in [1.29, 1.82) is 0 Å². The van der Waals surface area contributed by atoms with Gasteiger partial charge in [-0.3, -0.25) is 4.57 Å². The molecule has 0 spiro atoms. The summed E-state index contributed by atoms with van der Waals surface area (Å²) in [5, 5.41) is 12.9. The highest BCUT2D eigenvalue weighted by molar-refractivity contribution is 5.56. The number of hydrogen-bond donors (Lipinski definition) is 0. The van der Waals surface area contributed by atoms with Crippen LogP contribution >= 0.6 is 0 Å². The molecule has 0 unspecified atom stereocenters. The molecule has 9 heteroatoms. The van der Waals surface area contributed by atoms with Crippen molar-refractivity contribution in [2.45, 2.75) is 37.5 Å². The number of anilines is 2. The Hall–Kier alpha value is -3.62. The van der Waals surface area contributed by atoms with Crippen molar-refractivity contribution in [2.24, 2.45) is 7.05 Å². The van der Waals surface area contributed by atoms with E-state index in [4.69, 9.17) is 4.52 Å². The van der Waals surface area contributed by atoms with Crippen molar-refractivity contribution < 1.29 is 13.3 Å². The van der Waals surface area contributed by atoms with Gasteiger partial charge in [-0.2, -0.15) is 4.98 Å². The quantitative estimate of drug-likeness (QED) is 0.408. The summed E-state index contributed by atoms with van der Waals surface area (Å²) in [6, 6.07) is 12.4. The number of benzene rings is 2. The number of nitrogens with zero attached hydrogens (tertiary/aromatic N) is 6. The molecule has 1 fully saturated rings. The third kappa shape index (κ3) is 4.22. The third-order valence-corrected chi connectivity index (χ3v) is 6.39. The number of hydrogen-bond acceptors (Lipinski definition) is 6. The van der Waals surface area contributed by atoms with Crippen molar-refractivity contribution in [2.75, 3.05) is 11.9 Å². The standard InChI is InChI=1S/C24H24F2N6O/c1-31(20-13-11-19(26)12-14-20)24-29-28-22(32(24)2)16-3-5-17(6-4-16)23-27-21(30-33-23)15-7-9-18(25)10-8-15/h7-14,16-17H,3-6H2,1-2H3. The van der Waals surface area contributed by atoms with Gasteiger partial charge in [0.05, 0.1) is 0 Å². The van der Waals surface area contributed by atoms with E-state index in [1.54, 1.807) is 24.3 Å². The minimum absolute atomic E-state index is 0.192. The van der Waals surface area contributed by atoms with Crippen LogP contribution in [0.5, 0.6) is 0 Å². The summed E-state index contributed by atoms with van der Waals surface area (Å²) >= 11 is 0. The van der Waals surface area contributed by atoms with Crippen LogP contribution in [0.1, 0.15) is 49.2 Å². The molecule has 5 rings (SSSR count). The maximum absolute atomic E-state index is 13.3. The van der Waals surface area contributed by atoms with Crippen LogP contribution in [-0.4, -0.2) is 32.0 Å². The molecule has 0 amide bonds. The second-order valence-electron chi connectivity index (χ2n) is 8.46. The zero-order chi connectivity index (χ0) is 22.9. The van der Waals surface area contributed by atoms with Gasteiger partial charge in [0.2, 0.25) is 17.7 Å². The lowest BCUT2D eigenvalue weighted by atomic mass is 9.81. The average molecular weight is 450 g/mol. The molecule has 0 aliphatic heterocycles. The molecule has 1 saturated carbocycles. The van der Waals surface area contributed by atoms with Crippen molar-refractivity contribution >= 4 is 11.6 Å². The van der Waals surface area contributed by atoms with Crippen LogP contribution in [0.4, 0.5) is 20.4 Å². The Morgan fingerprint density at radius 2 is 1.48 bits per heavy atom. The lowest BCUT2D eigenvalue weighted by Gasteiger charge is -2.26. The summed E-state index contributed by atoms with van der Waals surface area (Å²) in [6.07, 6.45) is 3.69. The number of halogens is 2. The molecule has 33 heavy (non-hydrogen) atoms. The van der Waals surface area contributed by atoms with Gasteiger partial charge in [0.25, 0.3) is 0 Å². The van der Waals surface area contributed by atoms with Crippen LogP contribution < -0.4 is 4.90 Å². The highest BCUT2D eigenvalue weighted by Crippen LogP contribution is 2.40. The first-order valence-electron chi connectivity index (χ1n) is 11.0. The molecule has 7 nitrogen and oxygen atoms in total. The summed E-state index contributed by atoms with van der Waals surface area (Å²) < 4.78 is 33.9. The van der Waals surface area contributed by atoms with Crippen LogP contribution in [0.3, 0.4) is 0 Å². The van der Waals surface area contributed by atoms with Gasteiger partial charge in [0, 0.05) is 37.2 Å². The van der Waals surface area contributed by atoms with Crippen molar-refractivity contribution in [3.05, 3.63) is 71.9 Å². The first-order chi connectivity index (χ1) is 16.0. The smallest absolute Gasteiger partial charge is 0.231 e. The van der Waals surface area contributed by atoms with Gasteiger partial charge in [-0.05, 0) is 74.2 Å².